The average molecular weight is 564 g/mol. The zero-order valence-electron chi connectivity index (χ0n) is 19.4. The lowest BCUT2D eigenvalue weighted by Crippen LogP contribution is -2.32. The van der Waals surface area contributed by atoms with E-state index in [2.05, 4.69) is 21.2 Å². The maximum absolute atomic E-state index is 12.2. The molecule has 3 aromatic carbocycles. The van der Waals surface area contributed by atoms with Crippen LogP contribution in [0, 0.1) is 0 Å². The van der Waals surface area contributed by atoms with E-state index in [0.29, 0.717) is 34.4 Å². The lowest BCUT2D eigenvalue weighted by atomic mass is 10.2. The third-order valence-corrected chi connectivity index (χ3v) is 5.57. The van der Waals surface area contributed by atoms with Crippen molar-refractivity contribution < 1.29 is 23.9 Å². The van der Waals surface area contributed by atoms with E-state index in [1.165, 1.54) is 12.3 Å². The number of benzene rings is 3. The van der Waals surface area contributed by atoms with Gasteiger partial charge >= 0.3 is 11.8 Å². The van der Waals surface area contributed by atoms with Gasteiger partial charge in [-0.2, -0.15) is 5.10 Å². The first-order valence-corrected chi connectivity index (χ1v) is 11.9. The number of carbonyl (C=O) groups excluding carboxylic acids is 3. The molecule has 0 atom stereocenters. The number of hydrazone groups is 1. The Bertz CT molecular complexity index is 1330. The van der Waals surface area contributed by atoms with E-state index >= 15 is 0 Å². The molecule has 0 spiro atoms. The highest BCUT2D eigenvalue weighted by Gasteiger charge is 2.15. The fraction of sp³-hybridized carbons (Fsp3) is 0.120. The summed E-state index contributed by atoms with van der Waals surface area (Å²) in [6.45, 7) is 1.87. The van der Waals surface area contributed by atoms with Crippen LogP contribution in [0.1, 0.15) is 12.5 Å². The molecule has 0 aromatic heterocycles. The number of hydrogen-bond donors (Lipinski definition) is 3. The molecule has 0 saturated carbocycles. The SMILES string of the molecule is CCOc1cc(/C=N\NC(=O)C(=O)Nc2cccc(Cl)c2Cl)ccc1OCC(=O)Nc1cccc(Cl)c1. The lowest BCUT2D eigenvalue weighted by molar-refractivity contribution is -0.136. The molecule has 192 valence electrons. The van der Waals surface area contributed by atoms with Crippen molar-refractivity contribution in [3.05, 3.63) is 81.3 Å². The largest absolute Gasteiger partial charge is 0.490 e. The zero-order chi connectivity index (χ0) is 26.8. The van der Waals surface area contributed by atoms with Crippen LogP contribution < -0.4 is 25.5 Å². The van der Waals surface area contributed by atoms with Gasteiger partial charge in [0.15, 0.2) is 18.1 Å². The van der Waals surface area contributed by atoms with Gasteiger partial charge in [0.1, 0.15) is 0 Å². The molecular formula is C25H21Cl3N4O5. The molecule has 0 bridgehead atoms. The fourth-order valence-corrected chi connectivity index (χ4v) is 3.43. The van der Waals surface area contributed by atoms with Gasteiger partial charge < -0.3 is 20.1 Å². The predicted octanol–water partition coefficient (Wildman–Crippen LogP) is 5.15. The number of carbonyl (C=O) groups is 3. The zero-order valence-corrected chi connectivity index (χ0v) is 21.7. The molecule has 3 amide bonds. The molecule has 0 heterocycles. The molecule has 3 aromatic rings. The normalized spacial score (nSPS) is 10.6. The van der Waals surface area contributed by atoms with Crippen LogP contribution >= 0.6 is 34.8 Å². The fourth-order valence-electron chi connectivity index (χ4n) is 2.89. The highest BCUT2D eigenvalue weighted by Crippen LogP contribution is 2.30. The second-order valence-electron chi connectivity index (χ2n) is 7.24. The molecule has 0 radical (unpaired) electrons. The van der Waals surface area contributed by atoms with Gasteiger partial charge in [-0.05, 0) is 61.0 Å². The molecule has 3 N–H and O–H groups in total. The van der Waals surface area contributed by atoms with Crippen molar-refractivity contribution in [2.75, 3.05) is 23.8 Å². The molecule has 0 aliphatic heterocycles. The lowest BCUT2D eigenvalue weighted by Gasteiger charge is -2.12. The van der Waals surface area contributed by atoms with Crippen molar-refractivity contribution in [3.63, 3.8) is 0 Å². The molecule has 12 heteroatoms. The third-order valence-electron chi connectivity index (χ3n) is 4.52. The third kappa shape index (κ3) is 8.38. The number of nitrogens with zero attached hydrogens (tertiary/aromatic N) is 1. The van der Waals surface area contributed by atoms with Crippen LogP contribution in [0.4, 0.5) is 11.4 Å². The Balaban J connectivity index is 1.57. The summed E-state index contributed by atoms with van der Waals surface area (Å²) in [6.07, 6.45) is 1.32. The minimum absolute atomic E-state index is 0.113. The second kappa shape index (κ2) is 13.5. The Kier molecular flexibility index (Phi) is 10.1. The number of rotatable bonds is 9. The van der Waals surface area contributed by atoms with E-state index in [-0.39, 0.29) is 28.2 Å². The van der Waals surface area contributed by atoms with Crippen LogP contribution in [-0.4, -0.2) is 37.1 Å². The molecule has 0 fully saturated rings. The summed E-state index contributed by atoms with van der Waals surface area (Å²) in [5, 5.41) is 9.67. The number of ether oxygens (including phenoxy) is 2. The van der Waals surface area contributed by atoms with Crippen LogP contribution in [0.5, 0.6) is 11.5 Å². The highest BCUT2D eigenvalue weighted by molar-refractivity contribution is 6.45. The highest BCUT2D eigenvalue weighted by atomic mass is 35.5. The van der Waals surface area contributed by atoms with E-state index in [1.807, 2.05) is 0 Å². The minimum Gasteiger partial charge on any atom is -0.490 e. The molecule has 0 aliphatic rings. The predicted molar refractivity (Wildman–Crippen MR) is 144 cm³/mol. The first kappa shape index (κ1) is 27.8. The number of nitrogens with one attached hydrogen (secondary N) is 3. The summed E-state index contributed by atoms with van der Waals surface area (Å²) < 4.78 is 11.2. The molecule has 9 nitrogen and oxygen atoms in total. The Labute approximate surface area is 227 Å². The van der Waals surface area contributed by atoms with E-state index < -0.39 is 11.8 Å². The number of amides is 3. The average Bonchev–Trinajstić information content (AvgIpc) is 2.86. The van der Waals surface area contributed by atoms with Gasteiger partial charge in [0.05, 0.1) is 28.6 Å². The van der Waals surface area contributed by atoms with Gasteiger partial charge in [-0.1, -0.05) is 46.9 Å². The summed E-state index contributed by atoms with van der Waals surface area (Å²) >= 11 is 17.8. The van der Waals surface area contributed by atoms with Crippen LogP contribution in [0.2, 0.25) is 15.1 Å². The second-order valence-corrected chi connectivity index (χ2v) is 8.46. The van der Waals surface area contributed by atoms with Crippen LogP contribution in [-0.2, 0) is 14.4 Å². The van der Waals surface area contributed by atoms with E-state index in [4.69, 9.17) is 44.3 Å². The molecule has 0 aliphatic carbocycles. The number of hydrogen-bond acceptors (Lipinski definition) is 6. The van der Waals surface area contributed by atoms with Crippen molar-refractivity contribution in [3.8, 4) is 11.5 Å². The Morgan fingerprint density at radius 3 is 2.43 bits per heavy atom. The topological polar surface area (TPSA) is 118 Å². The van der Waals surface area contributed by atoms with E-state index in [0.717, 1.165) is 0 Å². The van der Waals surface area contributed by atoms with Gasteiger partial charge in [0.2, 0.25) is 0 Å². The molecule has 0 saturated heterocycles. The number of anilines is 2. The van der Waals surface area contributed by atoms with Crippen molar-refractivity contribution >= 4 is 70.1 Å². The Hall–Kier alpha value is -3.79. The smallest absolute Gasteiger partial charge is 0.329 e. The van der Waals surface area contributed by atoms with Gasteiger partial charge in [-0.3, -0.25) is 14.4 Å². The van der Waals surface area contributed by atoms with Crippen LogP contribution in [0.15, 0.2) is 65.8 Å². The molecular weight excluding hydrogens is 543 g/mol. The quantitative estimate of drug-likeness (QED) is 0.189. The van der Waals surface area contributed by atoms with Gasteiger partial charge in [-0.15, -0.1) is 0 Å². The molecule has 37 heavy (non-hydrogen) atoms. The summed E-state index contributed by atoms with van der Waals surface area (Å²) in [7, 11) is 0. The Morgan fingerprint density at radius 2 is 1.68 bits per heavy atom. The first-order chi connectivity index (χ1) is 17.8. The Morgan fingerprint density at radius 1 is 0.892 bits per heavy atom. The van der Waals surface area contributed by atoms with Crippen LogP contribution in [0.3, 0.4) is 0 Å². The summed E-state index contributed by atoms with van der Waals surface area (Å²) in [5.41, 5.74) is 3.40. The van der Waals surface area contributed by atoms with Crippen molar-refractivity contribution in [1.82, 2.24) is 5.43 Å². The van der Waals surface area contributed by atoms with Crippen molar-refractivity contribution in [2.24, 2.45) is 5.10 Å². The van der Waals surface area contributed by atoms with E-state index in [1.54, 1.807) is 61.5 Å². The number of halogens is 3. The summed E-state index contributed by atoms with van der Waals surface area (Å²) in [6, 6.07) is 16.2. The van der Waals surface area contributed by atoms with Crippen LogP contribution in [0.25, 0.3) is 0 Å². The maximum atomic E-state index is 12.2. The molecule has 0 unspecified atom stereocenters. The van der Waals surface area contributed by atoms with Gasteiger partial charge in [0.25, 0.3) is 5.91 Å². The van der Waals surface area contributed by atoms with Crippen molar-refractivity contribution in [1.29, 1.82) is 0 Å². The first-order valence-electron chi connectivity index (χ1n) is 10.8. The van der Waals surface area contributed by atoms with Gasteiger partial charge in [-0.25, -0.2) is 5.43 Å². The minimum atomic E-state index is -1.01. The van der Waals surface area contributed by atoms with Crippen molar-refractivity contribution in [2.45, 2.75) is 6.92 Å². The standard InChI is InChI=1S/C25H21Cl3N4O5/c1-2-36-21-11-15(9-10-20(21)37-14-22(33)30-17-6-3-5-16(26)12-17)13-29-32-25(35)24(34)31-19-8-4-7-18(27)23(19)28/h3-13H,2,14H2,1H3,(H,30,33)(H,31,34)(H,32,35)/b29-13-. The maximum Gasteiger partial charge on any atom is 0.329 e. The molecule has 3 rings (SSSR count). The monoisotopic (exact) mass is 562 g/mol. The summed E-state index contributed by atoms with van der Waals surface area (Å²) in [5.74, 6) is -1.67. The van der Waals surface area contributed by atoms with E-state index in [9.17, 15) is 14.4 Å². The van der Waals surface area contributed by atoms with Gasteiger partial charge in [0, 0.05) is 10.7 Å². The summed E-state index contributed by atoms with van der Waals surface area (Å²) in [4.78, 5) is 36.4.